The lowest BCUT2D eigenvalue weighted by Gasteiger charge is -2.01. The number of amides is 1. The molecule has 5 heteroatoms. The minimum absolute atomic E-state index is 0. The van der Waals surface area contributed by atoms with Gasteiger partial charge >= 0.3 is 6.09 Å². The fourth-order valence-electron chi connectivity index (χ4n) is 0.870. The van der Waals surface area contributed by atoms with Crippen LogP contribution in [0.5, 0.6) is 0 Å². The van der Waals surface area contributed by atoms with Crippen LogP contribution in [-0.2, 0) is 4.79 Å². The van der Waals surface area contributed by atoms with Crippen molar-refractivity contribution >= 4 is 23.0 Å². The number of hydrogen-bond donors (Lipinski definition) is 2. The summed E-state index contributed by atoms with van der Waals surface area (Å²) in [5.74, 6) is 0. The fourth-order valence-corrected chi connectivity index (χ4v) is 1.63. The molecule has 18 heavy (non-hydrogen) atoms. The summed E-state index contributed by atoms with van der Waals surface area (Å²) in [5, 5.41) is 10.5. The summed E-state index contributed by atoms with van der Waals surface area (Å²) >= 11 is 1.09. The van der Waals surface area contributed by atoms with E-state index in [-0.39, 0.29) is 13.1 Å². The van der Waals surface area contributed by atoms with Gasteiger partial charge in [0, 0.05) is 19.3 Å². The van der Waals surface area contributed by atoms with Crippen molar-refractivity contribution in [3.8, 4) is 0 Å². The summed E-state index contributed by atoms with van der Waals surface area (Å²) in [6, 6.07) is 0. The van der Waals surface area contributed by atoms with Crippen LogP contribution in [0.3, 0.4) is 0 Å². The lowest BCUT2D eigenvalue weighted by molar-refractivity contribution is -0.111. The van der Waals surface area contributed by atoms with Crippen molar-refractivity contribution in [3.63, 3.8) is 0 Å². The van der Waals surface area contributed by atoms with E-state index in [1.165, 1.54) is 0 Å². The Bertz CT molecular complexity index is 317. The third-order valence-corrected chi connectivity index (χ3v) is 2.52. The highest BCUT2D eigenvalue weighted by atomic mass is 32.2. The van der Waals surface area contributed by atoms with Crippen LogP contribution in [0.2, 0.25) is 0 Å². The monoisotopic (exact) mass is 273 g/mol. The number of allylic oxidation sites excluding steroid dienone is 3. The van der Waals surface area contributed by atoms with Crippen LogP contribution in [-0.4, -0.2) is 22.9 Å². The Morgan fingerprint density at radius 2 is 2.00 bits per heavy atom. The van der Waals surface area contributed by atoms with Crippen molar-refractivity contribution in [2.24, 2.45) is 0 Å². The van der Waals surface area contributed by atoms with Gasteiger partial charge in [-0.25, -0.2) is 4.79 Å². The highest BCUT2D eigenvalue weighted by molar-refractivity contribution is 8.17. The van der Waals surface area contributed by atoms with Gasteiger partial charge in [-0.3, -0.25) is 4.79 Å². The summed E-state index contributed by atoms with van der Waals surface area (Å²) in [6.45, 7) is 11.4. The lowest BCUT2D eigenvalue weighted by Crippen LogP contribution is -2.22. The van der Waals surface area contributed by atoms with Crippen LogP contribution in [0.4, 0.5) is 4.79 Å². The molecule has 0 aromatic rings. The standard InChI is InChI=1S/C11H15NO3S.C2H6.H2/c1-3-6-9(4-2)16-10(13)7-5-8-12-11(14)15;1-2;/h3-4,6,12H,1-2,5,7-8H2,(H,14,15);1-2H3;1H/b9-6+;;. The Hall–Kier alpha value is -1.49. The molecule has 0 rings (SSSR count). The third-order valence-electron chi connectivity index (χ3n) is 1.55. The molecule has 0 spiro atoms. The molecule has 0 aromatic carbocycles. The minimum atomic E-state index is -1.07. The summed E-state index contributed by atoms with van der Waals surface area (Å²) in [5.41, 5.74) is 0. The van der Waals surface area contributed by atoms with Gasteiger partial charge in [-0.2, -0.15) is 0 Å². The van der Waals surface area contributed by atoms with Crippen molar-refractivity contribution in [2.45, 2.75) is 26.7 Å². The van der Waals surface area contributed by atoms with E-state index in [9.17, 15) is 9.59 Å². The Balaban J connectivity index is -0.000000809. The third kappa shape index (κ3) is 12.6. The smallest absolute Gasteiger partial charge is 0.404 e. The largest absolute Gasteiger partial charge is 0.465 e. The molecule has 0 unspecified atom stereocenters. The molecule has 104 valence electrons. The van der Waals surface area contributed by atoms with Gasteiger partial charge in [0.2, 0.25) is 0 Å². The average Bonchev–Trinajstić information content (AvgIpc) is 2.36. The lowest BCUT2D eigenvalue weighted by atomic mass is 10.3. The SMILES string of the molecule is C=C/C=C(\C=C)SC(=O)CCCNC(=O)O.CC.[HH]. The van der Waals surface area contributed by atoms with E-state index in [0.29, 0.717) is 12.8 Å². The Labute approximate surface area is 114 Å². The second kappa shape index (κ2) is 13.6. The molecule has 2 N–H and O–H groups in total. The van der Waals surface area contributed by atoms with Gasteiger partial charge in [0.15, 0.2) is 5.12 Å². The molecular formula is C13H23NO3S. The second-order valence-corrected chi connectivity index (χ2v) is 3.95. The number of thioether (sulfide) groups is 1. The maximum atomic E-state index is 11.4. The quantitative estimate of drug-likeness (QED) is 0.546. The molecule has 0 saturated carbocycles. The molecule has 0 aliphatic carbocycles. The molecule has 0 aliphatic rings. The van der Waals surface area contributed by atoms with Gasteiger partial charge in [0.1, 0.15) is 0 Å². The number of rotatable bonds is 7. The van der Waals surface area contributed by atoms with Crippen LogP contribution in [0.1, 0.15) is 28.1 Å². The molecule has 0 radical (unpaired) electrons. The first-order valence-corrected chi connectivity index (χ1v) is 6.54. The summed E-state index contributed by atoms with van der Waals surface area (Å²) < 4.78 is 0. The van der Waals surface area contributed by atoms with E-state index < -0.39 is 6.09 Å². The van der Waals surface area contributed by atoms with Gasteiger partial charge in [-0.15, -0.1) is 0 Å². The average molecular weight is 273 g/mol. The first-order chi connectivity index (χ1) is 8.60. The Morgan fingerprint density at radius 1 is 1.39 bits per heavy atom. The maximum Gasteiger partial charge on any atom is 0.404 e. The van der Waals surface area contributed by atoms with Crippen molar-refractivity contribution in [1.82, 2.24) is 5.32 Å². The Morgan fingerprint density at radius 3 is 2.44 bits per heavy atom. The molecule has 0 aliphatic heterocycles. The number of carbonyl (C=O) groups is 2. The molecular weight excluding hydrogens is 250 g/mol. The fraction of sp³-hybridized carbons (Fsp3) is 0.385. The first-order valence-electron chi connectivity index (χ1n) is 5.72. The van der Waals surface area contributed by atoms with E-state index in [1.54, 1.807) is 18.2 Å². The number of nitrogens with one attached hydrogen (secondary N) is 1. The summed E-state index contributed by atoms with van der Waals surface area (Å²) in [6.07, 6.45) is 4.62. The molecule has 0 atom stereocenters. The van der Waals surface area contributed by atoms with Gasteiger partial charge < -0.3 is 10.4 Å². The van der Waals surface area contributed by atoms with Crippen LogP contribution in [0.15, 0.2) is 36.3 Å². The summed E-state index contributed by atoms with van der Waals surface area (Å²) in [4.78, 5) is 22.3. The van der Waals surface area contributed by atoms with Gasteiger partial charge in [-0.1, -0.05) is 50.9 Å². The summed E-state index contributed by atoms with van der Waals surface area (Å²) in [7, 11) is 0. The van der Waals surface area contributed by atoms with Crippen molar-refractivity contribution in [1.29, 1.82) is 0 Å². The molecule has 0 saturated heterocycles. The van der Waals surface area contributed by atoms with E-state index in [2.05, 4.69) is 18.5 Å². The second-order valence-electron chi connectivity index (χ2n) is 2.82. The highest BCUT2D eigenvalue weighted by Gasteiger charge is 2.04. The Kier molecular flexibility index (Phi) is 14.2. The predicted octanol–water partition coefficient (Wildman–Crippen LogP) is 3.82. The van der Waals surface area contributed by atoms with E-state index >= 15 is 0 Å². The van der Waals surface area contributed by atoms with E-state index in [4.69, 9.17) is 5.11 Å². The van der Waals surface area contributed by atoms with Crippen LogP contribution in [0.25, 0.3) is 0 Å². The molecule has 0 heterocycles. The number of hydrogen-bond acceptors (Lipinski definition) is 3. The molecule has 4 nitrogen and oxygen atoms in total. The van der Waals surface area contributed by atoms with Crippen LogP contribution < -0.4 is 5.32 Å². The minimum Gasteiger partial charge on any atom is -0.465 e. The zero-order chi connectivity index (χ0) is 14.4. The van der Waals surface area contributed by atoms with Crippen LogP contribution >= 0.6 is 11.8 Å². The molecule has 0 fully saturated rings. The zero-order valence-electron chi connectivity index (χ0n) is 10.9. The predicted molar refractivity (Wildman–Crippen MR) is 79.8 cm³/mol. The highest BCUT2D eigenvalue weighted by Crippen LogP contribution is 2.19. The van der Waals surface area contributed by atoms with E-state index in [1.807, 2.05) is 13.8 Å². The van der Waals surface area contributed by atoms with Gasteiger partial charge in [-0.05, 0) is 12.5 Å². The van der Waals surface area contributed by atoms with Crippen molar-refractivity contribution in [3.05, 3.63) is 36.3 Å². The maximum absolute atomic E-state index is 11.4. The molecule has 0 bridgehead atoms. The number of carbonyl (C=O) groups excluding carboxylic acids is 1. The van der Waals surface area contributed by atoms with Crippen molar-refractivity contribution < 1.29 is 16.1 Å². The normalized spacial score (nSPS) is 9.78. The topological polar surface area (TPSA) is 66.4 Å². The van der Waals surface area contributed by atoms with Gasteiger partial charge in [0.05, 0.1) is 0 Å². The van der Waals surface area contributed by atoms with Crippen LogP contribution in [0, 0.1) is 0 Å². The molecule has 0 aromatic heterocycles. The van der Waals surface area contributed by atoms with Crippen molar-refractivity contribution in [2.75, 3.05) is 6.54 Å². The molecule has 1 amide bonds. The van der Waals surface area contributed by atoms with Gasteiger partial charge in [0.25, 0.3) is 0 Å². The number of carboxylic acid groups (broad SMARTS) is 1. The zero-order valence-corrected chi connectivity index (χ0v) is 11.8. The first kappa shape index (κ1) is 18.9. The van der Waals surface area contributed by atoms with E-state index in [0.717, 1.165) is 16.7 Å².